The number of hydrogen-bond acceptors (Lipinski definition) is 1. The standard InChI is InChI=1S/C20H24O/c1-2-3-4-14-5-7-16-9-10-20(19(21)18(16)12-14)13-15-6-8-17(20)11-15/h5-7,12,17H,2-4,8-11,13H2,1H3. The minimum Gasteiger partial charge on any atom is -0.294 e. The van der Waals surface area contributed by atoms with Crippen LogP contribution < -0.4 is 0 Å². The number of aryl methyl sites for hydroxylation is 2. The highest BCUT2D eigenvalue weighted by Gasteiger charge is 2.53. The molecule has 4 rings (SSSR count). The van der Waals surface area contributed by atoms with Gasteiger partial charge in [-0.3, -0.25) is 4.79 Å². The monoisotopic (exact) mass is 280 g/mol. The third-order valence-electron chi connectivity index (χ3n) is 6.05. The summed E-state index contributed by atoms with van der Waals surface area (Å²) in [6, 6.07) is 6.68. The minimum absolute atomic E-state index is 0.0273. The van der Waals surface area contributed by atoms with Crippen LogP contribution in [-0.4, -0.2) is 5.78 Å². The first-order valence-corrected chi connectivity index (χ1v) is 8.57. The summed E-state index contributed by atoms with van der Waals surface area (Å²) in [5.41, 5.74) is 5.23. The molecule has 1 aromatic carbocycles. The molecule has 0 aliphatic heterocycles. The van der Waals surface area contributed by atoms with Gasteiger partial charge in [-0.2, -0.15) is 0 Å². The van der Waals surface area contributed by atoms with Gasteiger partial charge in [-0.25, -0.2) is 0 Å². The number of allylic oxidation sites excluding steroid dienone is 2. The lowest BCUT2D eigenvalue weighted by molar-refractivity contribution is 0.0670. The molecule has 1 fully saturated rings. The maximum atomic E-state index is 13.2. The summed E-state index contributed by atoms with van der Waals surface area (Å²) in [5.74, 6) is 1.07. The van der Waals surface area contributed by atoms with E-state index in [4.69, 9.17) is 0 Å². The predicted octanol–water partition coefficient (Wildman–Crippen LogP) is 4.88. The Hall–Kier alpha value is -1.37. The molecular formula is C20H24O. The zero-order valence-electron chi connectivity index (χ0n) is 13.0. The summed E-state index contributed by atoms with van der Waals surface area (Å²) in [6.45, 7) is 2.22. The van der Waals surface area contributed by atoms with Crippen molar-refractivity contribution in [1.82, 2.24) is 0 Å². The van der Waals surface area contributed by atoms with Crippen LogP contribution in [0.1, 0.15) is 66.9 Å². The highest BCUT2D eigenvalue weighted by atomic mass is 16.1. The van der Waals surface area contributed by atoms with Crippen molar-refractivity contribution in [3.8, 4) is 0 Å². The zero-order valence-corrected chi connectivity index (χ0v) is 13.0. The molecule has 0 aromatic heterocycles. The first-order valence-electron chi connectivity index (χ1n) is 8.57. The van der Waals surface area contributed by atoms with Crippen LogP contribution in [0.15, 0.2) is 29.8 Å². The fraction of sp³-hybridized carbons (Fsp3) is 0.550. The average Bonchev–Trinajstić information content (AvgIpc) is 3.11. The number of fused-ring (bicyclic) bond motifs is 4. The van der Waals surface area contributed by atoms with Crippen molar-refractivity contribution in [3.63, 3.8) is 0 Å². The second kappa shape index (κ2) is 4.83. The summed E-state index contributed by atoms with van der Waals surface area (Å²) in [6.07, 6.45) is 11.5. The Morgan fingerprint density at radius 3 is 2.95 bits per heavy atom. The zero-order chi connectivity index (χ0) is 14.4. The van der Waals surface area contributed by atoms with Crippen LogP contribution >= 0.6 is 0 Å². The van der Waals surface area contributed by atoms with Gasteiger partial charge in [-0.15, -0.1) is 0 Å². The second-order valence-corrected chi connectivity index (χ2v) is 7.26. The topological polar surface area (TPSA) is 17.1 Å². The minimum atomic E-state index is -0.0273. The van der Waals surface area contributed by atoms with E-state index in [0.29, 0.717) is 11.7 Å². The van der Waals surface area contributed by atoms with Crippen LogP contribution in [0.4, 0.5) is 0 Å². The first-order chi connectivity index (χ1) is 10.2. The highest BCUT2D eigenvalue weighted by Crippen LogP contribution is 2.58. The summed E-state index contributed by atoms with van der Waals surface area (Å²) < 4.78 is 0. The Morgan fingerprint density at radius 1 is 1.33 bits per heavy atom. The molecular weight excluding hydrogens is 256 g/mol. The smallest absolute Gasteiger partial charge is 0.169 e. The van der Waals surface area contributed by atoms with Gasteiger partial charge in [0.2, 0.25) is 0 Å². The number of carbonyl (C=O) groups excluding carboxylic acids is 1. The van der Waals surface area contributed by atoms with E-state index in [1.165, 1.54) is 30.4 Å². The summed E-state index contributed by atoms with van der Waals surface area (Å²) in [7, 11) is 0. The van der Waals surface area contributed by atoms with E-state index < -0.39 is 0 Å². The molecule has 0 saturated heterocycles. The van der Waals surface area contributed by atoms with E-state index >= 15 is 0 Å². The Kier molecular flexibility index (Phi) is 3.06. The Bertz CT molecular complexity index is 625. The molecule has 0 radical (unpaired) electrons. The molecule has 1 saturated carbocycles. The molecule has 0 heterocycles. The first kappa shape index (κ1) is 13.3. The molecule has 0 amide bonds. The number of unbranched alkanes of at least 4 members (excludes halogenated alkanes) is 1. The SMILES string of the molecule is CCCCc1ccc2c(c1)C(=O)C1(CC2)CC2=CCC1C2. The van der Waals surface area contributed by atoms with Crippen molar-refractivity contribution in [2.75, 3.05) is 0 Å². The maximum Gasteiger partial charge on any atom is 0.169 e. The molecule has 1 spiro atoms. The van der Waals surface area contributed by atoms with Gasteiger partial charge >= 0.3 is 0 Å². The van der Waals surface area contributed by atoms with E-state index in [2.05, 4.69) is 31.2 Å². The van der Waals surface area contributed by atoms with Crippen molar-refractivity contribution in [1.29, 1.82) is 0 Å². The van der Waals surface area contributed by atoms with Gasteiger partial charge in [0.05, 0.1) is 0 Å². The van der Waals surface area contributed by atoms with Gasteiger partial charge < -0.3 is 0 Å². The van der Waals surface area contributed by atoms with Gasteiger partial charge in [-0.1, -0.05) is 37.1 Å². The summed E-state index contributed by atoms with van der Waals surface area (Å²) in [4.78, 5) is 13.2. The maximum absolute atomic E-state index is 13.2. The number of rotatable bonds is 3. The molecule has 21 heavy (non-hydrogen) atoms. The van der Waals surface area contributed by atoms with E-state index in [9.17, 15) is 4.79 Å². The number of Topliss-reactive ketones (excluding diaryl/α,β-unsaturated/α-hetero) is 1. The molecule has 2 bridgehead atoms. The van der Waals surface area contributed by atoms with E-state index in [0.717, 1.165) is 37.7 Å². The van der Waals surface area contributed by atoms with Crippen molar-refractivity contribution in [3.05, 3.63) is 46.5 Å². The number of benzene rings is 1. The van der Waals surface area contributed by atoms with Crippen molar-refractivity contribution in [2.24, 2.45) is 11.3 Å². The number of ketones is 1. The largest absolute Gasteiger partial charge is 0.294 e. The van der Waals surface area contributed by atoms with Crippen LogP contribution in [0.25, 0.3) is 0 Å². The third kappa shape index (κ3) is 1.93. The van der Waals surface area contributed by atoms with E-state index in [1.807, 2.05) is 0 Å². The molecule has 2 unspecified atom stereocenters. The van der Waals surface area contributed by atoms with Gasteiger partial charge in [-0.05, 0) is 68.1 Å². The molecule has 2 atom stereocenters. The van der Waals surface area contributed by atoms with Gasteiger partial charge in [0.15, 0.2) is 5.78 Å². The molecule has 3 aliphatic rings. The van der Waals surface area contributed by atoms with Crippen molar-refractivity contribution in [2.45, 2.75) is 58.3 Å². The van der Waals surface area contributed by atoms with Gasteiger partial charge in [0.1, 0.15) is 0 Å². The van der Waals surface area contributed by atoms with Crippen LogP contribution in [0.3, 0.4) is 0 Å². The van der Waals surface area contributed by atoms with Crippen LogP contribution in [-0.2, 0) is 12.8 Å². The normalized spacial score (nSPS) is 29.9. The molecule has 0 N–H and O–H groups in total. The molecule has 1 aromatic rings. The Labute approximate surface area is 127 Å². The summed E-state index contributed by atoms with van der Waals surface area (Å²) in [5, 5.41) is 0. The van der Waals surface area contributed by atoms with Gasteiger partial charge in [0.25, 0.3) is 0 Å². The lowest BCUT2D eigenvalue weighted by Crippen LogP contribution is -2.39. The van der Waals surface area contributed by atoms with Crippen molar-refractivity contribution < 1.29 is 4.79 Å². The number of carbonyl (C=O) groups is 1. The highest BCUT2D eigenvalue weighted by molar-refractivity contribution is 6.03. The fourth-order valence-corrected chi connectivity index (χ4v) is 4.79. The molecule has 110 valence electrons. The molecule has 3 aliphatic carbocycles. The van der Waals surface area contributed by atoms with E-state index in [-0.39, 0.29) is 5.41 Å². The van der Waals surface area contributed by atoms with Crippen LogP contribution in [0.2, 0.25) is 0 Å². The Morgan fingerprint density at radius 2 is 2.24 bits per heavy atom. The Balaban J connectivity index is 1.69. The fourth-order valence-electron chi connectivity index (χ4n) is 4.79. The van der Waals surface area contributed by atoms with Crippen LogP contribution in [0.5, 0.6) is 0 Å². The average molecular weight is 280 g/mol. The van der Waals surface area contributed by atoms with Gasteiger partial charge in [0, 0.05) is 11.0 Å². The summed E-state index contributed by atoms with van der Waals surface area (Å²) >= 11 is 0. The van der Waals surface area contributed by atoms with Crippen LogP contribution in [0, 0.1) is 11.3 Å². The lowest BCUT2D eigenvalue weighted by atomic mass is 9.63. The molecule has 1 heteroatoms. The van der Waals surface area contributed by atoms with E-state index in [1.54, 1.807) is 5.57 Å². The molecule has 1 nitrogen and oxygen atoms in total. The quantitative estimate of drug-likeness (QED) is 0.721. The number of hydrogen-bond donors (Lipinski definition) is 0. The third-order valence-corrected chi connectivity index (χ3v) is 6.05. The lowest BCUT2D eigenvalue weighted by Gasteiger charge is -2.38. The van der Waals surface area contributed by atoms with Crippen molar-refractivity contribution >= 4 is 5.78 Å². The second-order valence-electron chi connectivity index (χ2n) is 7.26. The predicted molar refractivity (Wildman–Crippen MR) is 85.6 cm³/mol.